The fourth-order valence-corrected chi connectivity index (χ4v) is 1.06. The Morgan fingerprint density at radius 2 is 2.29 bits per heavy atom. The van der Waals surface area contributed by atoms with Crippen LogP contribution in [-0.4, -0.2) is 22.0 Å². The summed E-state index contributed by atoms with van der Waals surface area (Å²) in [6.07, 6.45) is 0. The Morgan fingerprint density at radius 1 is 1.57 bits per heavy atom. The van der Waals surface area contributed by atoms with Crippen molar-refractivity contribution in [3.8, 4) is 11.5 Å². The Labute approximate surface area is 88.6 Å². The lowest BCUT2D eigenvalue weighted by atomic mass is 10.3. The number of benzene rings is 1. The zero-order chi connectivity index (χ0) is 10.6. The van der Waals surface area contributed by atoms with E-state index in [1.165, 1.54) is 18.2 Å². The summed E-state index contributed by atoms with van der Waals surface area (Å²) < 4.78 is 5.14. The third-order valence-corrected chi connectivity index (χ3v) is 1.81. The zero-order valence-electron chi connectivity index (χ0n) is 7.14. The molecule has 0 bridgehead atoms. The van der Waals surface area contributed by atoms with Crippen molar-refractivity contribution in [2.24, 2.45) is 0 Å². The maximum Gasteiger partial charge on any atom is 0.314 e. The van der Waals surface area contributed by atoms with Gasteiger partial charge in [-0.25, -0.2) is 0 Å². The van der Waals surface area contributed by atoms with Gasteiger partial charge in [0.15, 0.2) is 5.75 Å². The number of hydrogen-bond acceptors (Lipinski definition) is 4. The van der Waals surface area contributed by atoms with Gasteiger partial charge in [0.05, 0.1) is 17.6 Å². The van der Waals surface area contributed by atoms with E-state index in [9.17, 15) is 10.1 Å². The van der Waals surface area contributed by atoms with Crippen LogP contribution < -0.4 is 4.74 Å². The summed E-state index contributed by atoms with van der Waals surface area (Å²) in [5.41, 5.74) is -0.350. The molecule has 0 aliphatic carbocycles. The molecule has 6 heteroatoms. The number of alkyl halides is 1. The monoisotopic (exact) mass is 261 g/mol. The molecule has 0 amide bonds. The molecule has 1 rings (SSSR count). The quantitative estimate of drug-likeness (QED) is 0.512. The van der Waals surface area contributed by atoms with Crippen molar-refractivity contribution in [3.05, 3.63) is 28.3 Å². The van der Waals surface area contributed by atoms with Crippen molar-refractivity contribution in [2.75, 3.05) is 11.9 Å². The van der Waals surface area contributed by atoms with E-state index in [0.29, 0.717) is 17.7 Å². The highest BCUT2D eigenvalue weighted by atomic mass is 79.9. The second-order valence-electron chi connectivity index (χ2n) is 2.45. The van der Waals surface area contributed by atoms with Crippen LogP contribution in [0.2, 0.25) is 0 Å². The summed E-state index contributed by atoms with van der Waals surface area (Å²) in [4.78, 5) is 9.77. The van der Waals surface area contributed by atoms with E-state index in [1.807, 2.05) is 0 Å². The Balaban J connectivity index is 2.89. The van der Waals surface area contributed by atoms with E-state index in [-0.39, 0.29) is 11.4 Å². The predicted molar refractivity (Wildman–Crippen MR) is 54.1 cm³/mol. The van der Waals surface area contributed by atoms with Gasteiger partial charge in [-0.15, -0.1) is 0 Å². The lowest BCUT2D eigenvalue weighted by Crippen LogP contribution is -1.98. The topological polar surface area (TPSA) is 72.6 Å². The largest absolute Gasteiger partial charge is 0.502 e. The van der Waals surface area contributed by atoms with Crippen molar-refractivity contribution >= 4 is 21.6 Å². The van der Waals surface area contributed by atoms with Crippen LogP contribution in [0, 0.1) is 10.1 Å². The minimum absolute atomic E-state index is 0.350. The molecule has 0 fully saturated rings. The molecule has 0 saturated heterocycles. The average molecular weight is 262 g/mol. The number of phenolic OH excluding ortho intramolecular Hbond substituents is 1. The predicted octanol–water partition coefficient (Wildman–Crippen LogP) is 2.07. The molecule has 1 N–H and O–H groups in total. The van der Waals surface area contributed by atoms with E-state index in [1.54, 1.807) is 0 Å². The van der Waals surface area contributed by atoms with E-state index in [0.717, 1.165) is 0 Å². The lowest BCUT2D eigenvalue weighted by molar-refractivity contribution is -0.385. The standard InChI is InChI=1S/C8H8BrNO4/c9-3-4-14-6-1-2-8(11)7(5-6)10(12)13/h1-2,5,11H,3-4H2. The molecule has 0 aliphatic rings. The van der Waals surface area contributed by atoms with Crippen LogP contribution in [0.4, 0.5) is 5.69 Å². The molecular formula is C8H8BrNO4. The average Bonchev–Trinajstić information content (AvgIpc) is 2.16. The van der Waals surface area contributed by atoms with E-state index >= 15 is 0 Å². The summed E-state index contributed by atoms with van der Waals surface area (Å²) in [6, 6.07) is 3.91. The molecule has 0 unspecified atom stereocenters. The Hall–Kier alpha value is -1.30. The number of nitro benzene ring substituents is 1. The normalized spacial score (nSPS) is 9.79. The van der Waals surface area contributed by atoms with Gasteiger partial charge in [0.25, 0.3) is 0 Å². The summed E-state index contributed by atoms with van der Waals surface area (Å²) in [7, 11) is 0. The van der Waals surface area contributed by atoms with Crippen LogP contribution in [0.25, 0.3) is 0 Å². The van der Waals surface area contributed by atoms with Crippen molar-refractivity contribution in [3.63, 3.8) is 0 Å². The molecule has 5 nitrogen and oxygen atoms in total. The van der Waals surface area contributed by atoms with Crippen molar-refractivity contribution in [1.29, 1.82) is 0 Å². The second kappa shape index (κ2) is 4.80. The van der Waals surface area contributed by atoms with Crippen molar-refractivity contribution in [2.45, 2.75) is 0 Å². The van der Waals surface area contributed by atoms with Gasteiger partial charge in [-0.3, -0.25) is 10.1 Å². The third kappa shape index (κ3) is 2.59. The van der Waals surface area contributed by atoms with Gasteiger partial charge < -0.3 is 9.84 Å². The number of ether oxygens (including phenoxy) is 1. The number of rotatable bonds is 4. The molecule has 76 valence electrons. The van der Waals surface area contributed by atoms with Gasteiger partial charge in [0, 0.05) is 5.33 Å². The number of aromatic hydroxyl groups is 1. The summed E-state index contributed by atoms with van der Waals surface area (Å²) in [6.45, 7) is 0.419. The molecular weight excluding hydrogens is 254 g/mol. The molecule has 0 spiro atoms. The zero-order valence-corrected chi connectivity index (χ0v) is 8.73. The number of nitro groups is 1. The molecule has 1 aromatic rings. The fourth-order valence-electron chi connectivity index (χ4n) is 0.896. The number of halogens is 1. The third-order valence-electron chi connectivity index (χ3n) is 1.49. The summed E-state index contributed by atoms with van der Waals surface area (Å²) in [5.74, 6) is 0.00939. The van der Waals surface area contributed by atoms with E-state index in [2.05, 4.69) is 15.9 Å². The Kier molecular flexibility index (Phi) is 3.70. The minimum Gasteiger partial charge on any atom is -0.502 e. The van der Waals surface area contributed by atoms with E-state index < -0.39 is 4.92 Å². The Morgan fingerprint density at radius 3 is 2.86 bits per heavy atom. The first-order valence-electron chi connectivity index (χ1n) is 3.81. The molecule has 0 heterocycles. The van der Waals surface area contributed by atoms with Crippen LogP contribution in [0.5, 0.6) is 11.5 Å². The van der Waals surface area contributed by atoms with Gasteiger partial charge >= 0.3 is 5.69 Å². The molecule has 0 aliphatic heterocycles. The smallest absolute Gasteiger partial charge is 0.314 e. The molecule has 0 atom stereocenters. The molecule has 0 radical (unpaired) electrons. The highest BCUT2D eigenvalue weighted by Crippen LogP contribution is 2.29. The molecule has 0 saturated carbocycles. The van der Waals surface area contributed by atoms with Crippen LogP contribution in [0.1, 0.15) is 0 Å². The first-order chi connectivity index (χ1) is 6.65. The first-order valence-corrected chi connectivity index (χ1v) is 4.93. The SMILES string of the molecule is O=[N+]([O-])c1cc(OCCBr)ccc1O. The maximum absolute atomic E-state index is 10.4. The van der Waals surface area contributed by atoms with Gasteiger partial charge in [0.2, 0.25) is 0 Å². The van der Waals surface area contributed by atoms with Crippen LogP contribution in [0.3, 0.4) is 0 Å². The van der Waals surface area contributed by atoms with Crippen molar-refractivity contribution < 1.29 is 14.8 Å². The molecule has 1 aromatic carbocycles. The first kappa shape index (κ1) is 10.8. The van der Waals surface area contributed by atoms with Gasteiger partial charge in [-0.2, -0.15) is 0 Å². The van der Waals surface area contributed by atoms with Crippen LogP contribution in [0.15, 0.2) is 18.2 Å². The highest BCUT2D eigenvalue weighted by molar-refractivity contribution is 9.09. The van der Waals surface area contributed by atoms with Crippen molar-refractivity contribution in [1.82, 2.24) is 0 Å². The maximum atomic E-state index is 10.4. The fraction of sp³-hybridized carbons (Fsp3) is 0.250. The van der Waals surface area contributed by atoms with Crippen LogP contribution >= 0.6 is 15.9 Å². The molecule has 0 aromatic heterocycles. The number of hydrogen-bond donors (Lipinski definition) is 1. The Bertz CT molecular complexity index is 342. The highest BCUT2D eigenvalue weighted by Gasteiger charge is 2.13. The van der Waals surface area contributed by atoms with E-state index in [4.69, 9.17) is 9.84 Å². The van der Waals surface area contributed by atoms with Gasteiger partial charge in [-0.1, -0.05) is 15.9 Å². The molecule has 14 heavy (non-hydrogen) atoms. The number of phenols is 1. The number of nitrogens with zero attached hydrogens (tertiary/aromatic N) is 1. The van der Waals surface area contributed by atoms with Gasteiger partial charge in [0.1, 0.15) is 5.75 Å². The summed E-state index contributed by atoms with van der Waals surface area (Å²) in [5, 5.41) is 20.2. The minimum atomic E-state index is -0.656. The van der Waals surface area contributed by atoms with Crippen LogP contribution in [-0.2, 0) is 0 Å². The lowest BCUT2D eigenvalue weighted by Gasteiger charge is -2.03. The van der Waals surface area contributed by atoms with Gasteiger partial charge in [-0.05, 0) is 12.1 Å². The summed E-state index contributed by atoms with van der Waals surface area (Å²) >= 11 is 3.16. The second-order valence-corrected chi connectivity index (χ2v) is 3.24.